The average Bonchev–Trinajstić information content (AvgIpc) is 1.64. The lowest BCUT2D eigenvalue weighted by atomic mass is 9.95. The van der Waals surface area contributed by atoms with Crippen LogP contribution in [-0.4, -0.2) is 256 Å². The second-order valence-corrected chi connectivity index (χ2v) is 21.7. The lowest BCUT2D eigenvalue weighted by Crippen LogP contribution is -2.55. The number of nitrogens with zero attached hydrogens (tertiary/aromatic N) is 7. The fourth-order valence-electron chi connectivity index (χ4n) is 9.88. The first kappa shape index (κ1) is 65.1. The summed E-state index contributed by atoms with van der Waals surface area (Å²) in [6.07, 6.45) is 0.0983. The van der Waals surface area contributed by atoms with Gasteiger partial charge in [0.2, 0.25) is 11.8 Å². The average molecular weight is 1210 g/mol. The number of hydrogen-bond acceptors (Lipinski definition) is 18. The molecule has 0 aliphatic carbocycles. The number of nitrogens with one attached hydrogen (secondary N) is 2. The number of carbonyl (C=O) groups excluding carboxylic acids is 3. The van der Waals surface area contributed by atoms with Gasteiger partial charge < -0.3 is 64.0 Å². The molecule has 1 aromatic heterocycles. The predicted octanol–water partition coefficient (Wildman–Crippen LogP) is 3.65. The summed E-state index contributed by atoms with van der Waals surface area (Å²) in [5.41, 5.74) is 4.12. The zero-order chi connectivity index (χ0) is 60.2. The number of rotatable bonds is 28. The Morgan fingerprint density at radius 1 is 0.655 bits per heavy atom. The summed E-state index contributed by atoms with van der Waals surface area (Å²) >= 11 is 13.0. The van der Waals surface area contributed by atoms with Crippen LogP contribution in [0.5, 0.6) is 11.5 Å². The topological polar surface area (TPSA) is 286 Å². The van der Waals surface area contributed by atoms with Gasteiger partial charge in [-0.2, -0.15) is 5.10 Å². The predicted molar refractivity (Wildman–Crippen MR) is 309 cm³/mol. The van der Waals surface area contributed by atoms with E-state index in [4.69, 9.17) is 61.5 Å². The zero-order valence-corrected chi connectivity index (χ0v) is 49.1. The summed E-state index contributed by atoms with van der Waals surface area (Å²) in [5.74, 6) is -2.81. The van der Waals surface area contributed by atoms with Crippen molar-refractivity contribution in [1.82, 2.24) is 39.6 Å². The highest BCUT2D eigenvalue weighted by Crippen LogP contribution is 2.47. The minimum atomic E-state index is -1.03. The third kappa shape index (κ3) is 19.5. The molecule has 3 aliphatic heterocycles. The lowest BCUT2D eigenvalue weighted by molar-refractivity contribution is -0.140. The van der Waals surface area contributed by atoms with Crippen LogP contribution < -0.4 is 20.1 Å². The molecule has 3 aromatic carbocycles. The molecule has 2 saturated heterocycles. The van der Waals surface area contributed by atoms with Gasteiger partial charge >= 0.3 is 17.9 Å². The highest BCUT2D eigenvalue weighted by atomic mass is 35.5. The molecule has 5 N–H and O–H groups in total. The van der Waals surface area contributed by atoms with Crippen LogP contribution >= 0.6 is 23.2 Å². The van der Waals surface area contributed by atoms with Gasteiger partial charge in [0.05, 0.1) is 123 Å². The number of methoxy groups -OCH3 is 1. The Hall–Kier alpha value is -6.49. The van der Waals surface area contributed by atoms with Crippen LogP contribution in [0.1, 0.15) is 36.3 Å². The Morgan fingerprint density at radius 3 is 1.75 bits per heavy atom. The van der Waals surface area contributed by atoms with E-state index < -0.39 is 23.4 Å². The first-order valence-electron chi connectivity index (χ1n) is 27.7. The molecule has 27 heteroatoms. The van der Waals surface area contributed by atoms with E-state index in [1.165, 1.54) is 0 Å². The number of carbonyl (C=O) groups is 6. The molecule has 3 aliphatic rings. The summed E-state index contributed by atoms with van der Waals surface area (Å²) in [6.45, 7) is 9.25. The van der Waals surface area contributed by atoms with Crippen LogP contribution in [0.3, 0.4) is 0 Å². The highest BCUT2D eigenvalue weighted by molar-refractivity contribution is 6.34. The quantitative estimate of drug-likeness (QED) is 0.0507. The maximum Gasteiger partial charge on any atom is 0.317 e. The van der Waals surface area contributed by atoms with Gasteiger partial charge in [-0.1, -0.05) is 35.3 Å². The fraction of sp³-hybridized carbons (Fsp3) is 0.526. The van der Waals surface area contributed by atoms with Crippen LogP contribution in [0, 0.1) is 0 Å². The maximum atomic E-state index is 14.4. The summed E-state index contributed by atoms with van der Waals surface area (Å²) < 4.78 is 42.1. The normalized spacial score (nSPS) is 16.3. The van der Waals surface area contributed by atoms with Crippen molar-refractivity contribution in [3.05, 3.63) is 75.9 Å². The molecule has 7 rings (SSSR count). The van der Waals surface area contributed by atoms with Crippen molar-refractivity contribution in [2.75, 3.05) is 170 Å². The second-order valence-electron chi connectivity index (χ2n) is 20.8. The Kier molecular flexibility index (Phi) is 24.9. The zero-order valence-electron chi connectivity index (χ0n) is 47.6. The number of hydrogen-bond donors (Lipinski definition) is 5. The summed E-state index contributed by atoms with van der Waals surface area (Å²) in [5, 5.41) is 39.8. The van der Waals surface area contributed by atoms with Gasteiger partial charge in [0.15, 0.2) is 5.69 Å². The summed E-state index contributed by atoms with van der Waals surface area (Å²) in [4.78, 5) is 83.7. The van der Waals surface area contributed by atoms with Gasteiger partial charge in [0.25, 0.3) is 5.91 Å². The summed E-state index contributed by atoms with van der Waals surface area (Å²) in [7, 11) is 1.57. The molecule has 2 fully saturated rings. The Balaban J connectivity index is 0.801. The number of benzene rings is 3. The number of anilines is 1. The van der Waals surface area contributed by atoms with Gasteiger partial charge in [-0.15, -0.1) is 0 Å². The molecule has 4 aromatic rings. The van der Waals surface area contributed by atoms with Crippen molar-refractivity contribution in [3.63, 3.8) is 0 Å². The van der Waals surface area contributed by atoms with Crippen molar-refractivity contribution in [2.45, 2.75) is 32.4 Å². The van der Waals surface area contributed by atoms with Crippen molar-refractivity contribution >= 4 is 64.5 Å². The molecule has 0 saturated carbocycles. The Bertz CT molecular complexity index is 2860. The third-order valence-corrected chi connectivity index (χ3v) is 14.5. The van der Waals surface area contributed by atoms with E-state index >= 15 is 0 Å². The molecule has 0 radical (unpaired) electrons. The number of carboxylic acids is 3. The number of carboxylic acid groups (broad SMARTS) is 3. The van der Waals surface area contributed by atoms with Crippen molar-refractivity contribution in [2.24, 2.45) is 0 Å². The van der Waals surface area contributed by atoms with Crippen LogP contribution in [0.2, 0.25) is 10.0 Å². The first-order chi connectivity index (χ1) is 40.4. The third-order valence-electron chi connectivity index (χ3n) is 14.1. The fourth-order valence-corrected chi connectivity index (χ4v) is 10.4. The van der Waals surface area contributed by atoms with Gasteiger partial charge in [-0.05, 0) is 55.8 Å². The van der Waals surface area contributed by atoms with Gasteiger partial charge in [0, 0.05) is 104 Å². The van der Waals surface area contributed by atoms with E-state index in [9.17, 15) is 44.1 Å². The molecule has 25 nitrogen and oxygen atoms in total. The van der Waals surface area contributed by atoms with Crippen LogP contribution in [-0.2, 0) is 54.3 Å². The second kappa shape index (κ2) is 32.1. The van der Waals surface area contributed by atoms with Crippen molar-refractivity contribution in [3.8, 4) is 39.6 Å². The molecular formula is C57H75Cl2N9O16. The number of morpholine rings is 1. The smallest absolute Gasteiger partial charge is 0.317 e. The molecule has 458 valence electrons. The van der Waals surface area contributed by atoms with E-state index in [1.54, 1.807) is 61.7 Å². The number of aromatic nitrogens is 2. The number of fused-ring (bicyclic) bond motifs is 3. The number of aliphatic carboxylic acids is 3. The minimum absolute atomic E-state index is 0.00323. The lowest BCUT2D eigenvalue weighted by Gasteiger charge is -2.41. The number of halogens is 2. The van der Waals surface area contributed by atoms with E-state index in [-0.39, 0.29) is 122 Å². The van der Waals surface area contributed by atoms with Gasteiger partial charge in [-0.25, -0.2) is 4.68 Å². The van der Waals surface area contributed by atoms with E-state index in [0.29, 0.717) is 128 Å². The van der Waals surface area contributed by atoms with Crippen LogP contribution in [0.15, 0.2) is 54.6 Å². The minimum Gasteiger partial charge on any atom is -0.496 e. The standard InChI is InChI=1S/C57H75Cl2N9O16/c1-57(2)38-83-20-17-67(57)56(77)54-46-37-84-48-32-47(78-3)44(31-45(48)55(46)68(62-54)43-29-40(58)28-41(59)30-43)39-5-4-6-42(27-39)61-49(69)7-18-79-21-23-81-25-26-82-24-22-80-19-8-60-50(70)33-63-9-11-64(34-51(71)72)13-15-66(36-53(75)76)16-14-65(12-10-63)35-52(73)74/h4-6,27-32H,7-26,33-38H2,1-3H3,(H,60,70)(H,61,69)(H,71,72)(H,73,74)(H,75,76). The van der Waals surface area contributed by atoms with Crippen molar-refractivity contribution < 1.29 is 77.2 Å². The molecule has 0 bridgehead atoms. The molecule has 3 amide bonds. The molecule has 0 unspecified atom stereocenters. The number of ether oxygens (including phenoxy) is 7. The van der Waals surface area contributed by atoms with Gasteiger partial charge in [0.1, 0.15) is 18.1 Å². The summed E-state index contributed by atoms with van der Waals surface area (Å²) in [6, 6.07) is 16.2. The highest BCUT2D eigenvalue weighted by Gasteiger charge is 2.39. The largest absolute Gasteiger partial charge is 0.496 e. The Morgan fingerprint density at radius 2 is 1.20 bits per heavy atom. The molecule has 0 spiro atoms. The van der Waals surface area contributed by atoms with Crippen molar-refractivity contribution in [1.29, 1.82) is 0 Å². The SMILES string of the molecule is COc1cc2c(cc1-c1cccc(NC(=O)CCOCCOCCOCCOCCNC(=O)CN3CCN(CC(=O)O)CCN(CC(=O)O)CCN(CC(=O)O)CC3)c1)-c1c(c(C(=O)N3CCOCC3(C)C)nn1-c1cc(Cl)cc(Cl)c1)CO2. The number of amides is 3. The van der Waals surface area contributed by atoms with E-state index in [2.05, 4.69) is 10.6 Å². The molecule has 84 heavy (non-hydrogen) atoms. The van der Waals surface area contributed by atoms with Gasteiger partial charge in [-0.3, -0.25) is 48.4 Å². The first-order valence-corrected chi connectivity index (χ1v) is 28.5. The van der Waals surface area contributed by atoms with E-state index in [0.717, 1.165) is 5.56 Å². The molecule has 0 atom stereocenters. The van der Waals surface area contributed by atoms with E-state index in [1.807, 2.05) is 43.0 Å². The molecule has 4 heterocycles. The maximum absolute atomic E-state index is 14.4. The van der Waals surface area contributed by atoms with Crippen LogP contribution in [0.4, 0.5) is 5.69 Å². The monoisotopic (exact) mass is 1210 g/mol. The Labute approximate surface area is 497 Å². The van der Waals surface area contributed by atoms with Crippen LogP contribution in [0.25, 0.3) is 28.1 Å². The molecular weight excluding hydrogens is 1140 g/mol.